The van der Waals surface area contributed by atoms with E-state index in [0.717, 1.165) is 37.1 Å². The molecule has 2 nitrogen and oxygen atoms in total. The number of benzene rings is 2. The molecule has 0 bridgehead atoms. The third kappa shape index (κ3) is 3.64. The van der Waals surface area contributed by atoms with Crippen molar-refractivity contribution in [3.05, 3.63) is 77.5 Å². The molecule has 112 valence electrons. The molecule has 3 rings (SSSR count). The summed E-state index contributed by atoms with van der Waals surface area (Å²) in [7, 11) is 0. The first kappa shape index (κ1) is 14.6. The van der Waals surface area contributed by atoms with E-state index in [4.69, 9.17) is 0 Å². The van der Waals surface area contributed by atoms with Crippen LogP contribution in [0.5, 0.6) is 0 Å². The molecule has 2 aromatic rings. The fourth-order valence-electron chi connectivity index (χ4n) is 2.88. The molecule has 0 unspecified atom stereocenters. The van der Waals surface area contributed by atoms with Crippen molar-refractivity contribution in [1.82, 2.24) is 4.90 Å². The van der Waals surface area contributed by atoms with Crippen LogP contribution in [-0.4, -0.2) is 17.4 Å². The number of nitrogens with zero attached hydrogens (tertiary/aromatic N) is 1. The first-order chi connectivity index (χ1) is 10.8. The molecule has 0 N–H and O–H groups in total. The summed E-state index contributed by atoms with van der Waals surface area (Å²) in [5.41, 5.74) is 3.48. The van der Waals surface area contributed by atoms with E-state index in [2.05, 4.69) is 30.3 Å². The highest BCUT2D eigenvalue weighted by Gasteiger charge is 2.21. The molecule has 1 heterocycles. The Balaban J connectivity index is 1.91. The van der Waals surface area contributed by atoms with Gasteiger partial charge in [-0.2, -0.15) is 0 Å². The summed E-state index contributed by atoms with van der Waals surface area (Å²) in [6, 6.07) is 20.6. The Labute approximate surface area is 132 Å². The van der Waals surface area contributed by atoms with Gasteiger partial charge in [-0.3, -0.25) is 4.79 Å². The van der Waals surface area contributed by atoms with Crippen molar-refractivity contribution in [1.29, 1.82) is 0 Å². The molecule has 0 spiro atoms. The van der Waals surface area contributed by atoms with Gasteiger partial charge in [-0.15, -0.1) is 0 Å². The Morgan fingerprint density at radius 1 is 0.955 bits per heavy atom. The molecule has 1 amide bonds. The number of piperidine rings is 1. The van der Waals surface area contributed by atoms with Gasteiger partial charge in [0.15, 0.2) is 0 Å². The van der Waals surface area contributed by atoms with Crippen molar-refractivity contribution in [2.75, 3.05) is 6.54 Å². The van der Waals surface area contributed by atoms with E-state index in [1.807, 2.05) is 41.3 Å². The van der Waals surface area contributed by atoms with Gasteiger partial charge in [-0.05, 0) is 30.0 Å². The summed E-state index contributed by atoms with van der Waals surface area (Å²) in [5, 5.41) is 0. The highest BCUT2D eigenvalue weighted by atomic mass is 16.2. The number of rotatable bonds is 4. The standard InChI is InChI=1S/C20H21NO/c22-20-13-7-8-14-21(20)19(15-17-9-3-1-4-10-17)16-18-11-5-2-6-12-18/h1-6,9-12,15H,7-8,13-14,16H2/b19-15-. The maximum atomic E-state index is 12.3. The minimum Gasteiger partial charge on any atom is -0.316 e. The maximum Gasteiger partial charge on any atom is 0.226 e. The second-order valence-electron chi connectivity index (χ2n) is 5.71. The van der Waals surface area contributed by atoms with Crippen molar-refractivity contribution in [3.8, 4) is 0 Å². The first-order valence-corrected chi connectivity index (χ1v) is 7.93. The van der Waals surface area contributed by atoms with Gasteiger partial charge in [-0.25, -0.2) is 0 Å². The van der Waals surface area contributed by atoms with E-state index in [9.17, 15) is 4.79 Å². The van der Waals surface area contributed by atoms with Gasteiger partial charge in [-0.1, -0.05) is 60.7 Å². The highest BCUT2D eigenvalue weighted by Crippen LogP contribution is 2.22. The summed E-state index contributed by atoms with van der Waals surface area (Å²) in [5.74, 6) is 0.254. The molecule has 22 heavy (non-hydrogen) atoms. The van der Waals surface area contributed by atoms with Crippen LogP contribution in [0.15, 0.2) is 66.4 Å². The Morgan fingerprint density at radius 3 is 2.32 bits per heavy atom. The topological polar surface area (TPSA) is 20.3 Å². The zero-order valence-corrected chi connectivity index (χ0v) is 12.7. The zero-order chi connectivity index (χ0) is 15.2. The number of hydrogen-bond acceptors (Lipinski definition) is 1. The smallest absolute Gasteiger partial charge is 0.226 e. The van der Waals surface area contributed by atoms with Crippen LogP contribution in [0.25, 0.3) is 6.08 Å². The average molecular weight is 291 g/mol. The molecular weight excluding hydrogens is 270 g/mol. The fraction of sp³-hybridized carbons (Fsp3) is 0.250. The molecule has 1 aliphatic heterocycles. The molecule has 0 saturated carbocycles. The van der Waals surface area contributed by atoms with Crippen molar-refractivity contribution in [2.24, 2.45) is 0 Å². The zero-order valence-electron chi connectivity index (χ0n) is 12.7. The quantitative estimate of drug-likeness (QED) is 0.823. The van der Waals surface area contributed by atoms with E-state index in [1.54, 1.807) is 0 Å². The number of allylic oxidation sites excluding steroid dienone is 1. The Kier molecular flexibility index (Phi) is 4.69. The van der Waals surface area contributed by atoms with Gasteiger partial charge < -0.3 is 4.90 Å². The molecule has 1 saturated heterocycles. The van der Waals surface area contributed by atoms with Crippen LogP contribution in [0.2, 0.25) is 0 Å². The predicted molar refractivity (Wildman–Crippen MR) is 90.1 cm³/mol. The van der Waals surface area contributed by atoms with E-state index in [1.165, 1.54) is 5.56 Å². The second-order valence-corrected chi connectivity index (χ2v) is 5.71. The molecule has 0 atom stereocenters. The largest absolute Gasteiger partial charge is 0.316 e. The molecule has 1 aliphatic rings. The lowest BCUT2D eigenvalue weighted by atomic mass is 10.0. The lowest BCUT2D eigenvalue weighted by Crippen LogP contribution is -2.35. The third-order valence-corrected chi connectivity index (χ3v) is 4.03. The number of carbonyl (C=O) groups is 1. The summed E-state index contributed by atoms with van der Waals surface area (Å²) in [6.07, 6.45) is 5.71. The minimum atomic E-state index is 0.254. The van der Waals surface area contributed by atoms with Crippen molar-refractivity contribution in [3.63, 3.8) is 0 Å². The number of carbonyl (C=O) groups excluding carboxylic acids is 1. The molecule has 0 aliphatic carbocycles. The SMILES string of the molecule is O=C1CCCCN1/C(=C\c1ccccc1)Cc1ccccc1. The van der Waals surface area contributed by atoms with Gasteiger partial charge >= 0.3 is 0 Å². The van der Waals surface area contributed by atoms with Crippen molar-refractivity contribution < 1.29 is 4.79 Å². The maximum absolute atomic E-state index is 12.3. The van der Waals surface area contributed by atoms with E-state index < -0.39 is 0 Å². The fourth-order valence-corrected chi connectivity index (χ4v) is 2.88. The van der Waals surface area contributed by atoms with Gasteiger partial charge in [0.1, 0.15) is 0 Å². The summed E-state index contributed by atoms with van der Waals surface area (Å²) in [4.78, 5) is 14.3. The van der Waals surface area contributed by atoms with Gasteiger partial charge in [0, 0.05) is 25.1 Å². The van der Waals surface area contributed by atoms with Gasteiger partial charge in [0.25, 0.3) is 0 Å². The molecule has 2 heteroatoms. The van der Waals surface area contributed by atoms with E-state index >= 15 is 0 Å². The van der Waals surface area contributed by atoms with E-state index in [-0.39, 0.29) is 5.91 Å². The van der Waals surface area contributed by atoms with Gasteiger partial charge in [0.2, 0.25) is 5.91 Å². The molecule has 0 radical (unpaired) electrons. The van der Waals surface area contributed by atoms with Gasteiger partial charge in [0.05, 0.1) is 0 Å². The average Bonchev–Trinajstić information content (AvgIpc) is 2.57. The Morgan fingerprint density at radius 2 is 1.64 bits per heavy atom. The van der Waals surface area contributed by atoms with Crippen molar-refractivity contribution >= 4 is 12.0 Å². The lowest BCUT2D eigenvalue weighted by Gasteiger charge is -2.29. The summed E-state index contributed by atoms with van der Waals surface area (Å²) < 4.78 is 0. The van der Waals surface area contributed by atoms with Crippen LogP contribution >= 0.6 is 0 Å². The van der Waals surface area contributed by atoms with Crippen LogP contribution in [0.3, 0.4) is 0 Å². The molecule has 1 fully saturated rings. The number of likely N-dealkylation sites (tertiary alicyclic amines) is 1. The van der Waals surface area contributed by atoms with Crippen LogP contribution < -0.4 is 0 Å². The summed E-state index contributed by atoms with van der Waals surface area (Å²) in [6.45, 7) is 0.838. The molecule has 2 aromatic carbocycles. The van der Waals surface area contributed by atoms with Crippen LogP contribution in [0, 0.1) is 0 Å². The number of amides is 1. The Hall–Kier alpha value is -2.35. The monoisotopic (exact) mass is 291 g/mol. The first-order valence-electron chi connectivity index (χ1n) is 7.93. The third-order valence-electron chi connectivity index (χ3n) is 4.03. The lowest BCUT2D eigenvalue weighted by molar-refractivity contribution is -0.131. The van der Waals surface area contributed by atoms with Crippen LogP contribution in [-0.2, 0) is 11.2 Å². The molecular formula is C20H21NO. The van der Waals surface area contributed by atoms with Crippen molar-refractivity contribution in [2.45, 2.75) is 25.7 Å². The van der Waals surface area contributed by atoms with Crippen LogP contribution in [0.4, 0.5) is 0 Å². The van der Waals surface area contributed by atoms with E-state index in [0.29, 0.717) is 6.42 Å². The second kappa shape index (κ2) is 7.08. The highest BCUT2D eigenvalue weighted by molar-refractivity contribution is 5.80. The minimum absolute atomic E-state index is 0.254. The predicted octanol–water partition coefficient (Wildman–Crippen LogP) is 4.28. The summed E-state index contributed by atoms with van der Waals surface area (Å²) >= 11 is 0. The normalized spacial score (nSPS) is 15.9. The molecule has 0 aromatic heterocycles. The van der Waals surface area contributed by atoms with Crippen LogP contribution in [0.1, 0.15) is 30.4 Å². The Bertz CT molecular complexity index is 646. The number of hydrogen-bond donors (Lipinski definition) is 0.